The number of rotatable bonds is 9. The van der Waals surface area contributed by atoms with Crippen LogP contribution in [0.4, 0.5) is 0 Å². The molecule has 0 amide bonds. The first-order chi connectivity index (χ1) is 7.13. The summed E-state index contributed by atoms with van der Waals surface area (Å²) in [6, 6.07) is 1.35. The molecule has 2 heteroatoms. The summed E-state index contributed by atoms with van der Waals surface area (Å²) in [7, 11) is 0. The summed E-state index contributed by atoms with van der Waals surface area (Å²) in [5.41, 5.74) is 5.56. The quantitative estimate of drug-likeness (QED) is 0.598. The molecule has 1 atom stereocenters. The Morgan fingerprint density at radius 3 is 2.20 bits per heavy atom. The van der Waals surface area contributed by atoms with Crippen molar-refractivity contribution in [3.63, 3.8) is 0 Å². The van der Waals surface area contributed by atoms with Crippen LogP contribution in [0, 0.1) is 0 Å². The van der Waals surface area contributed by atoms with Crippen molar-refractivity contribution in [3.05, 3.63) is 0 Å². The molecule has 0 rings (SSSR count). The third kappa shape index (κ3) is 6.91. The molecule has 0 aromatic carbocycles. The largest absolute Gasteiger partial charge is 0.330 e. The van der Waals surface area contributed by atoms with E-state index in [1.807, 2.05) is 0 Å². The van der Waals surface area contributed by atoms with Crippen molar-refractivity contribution < 1.29 is 0 Å². The number of hydrogen-bond donors (Lipinski definition) is 1. The predicted octanol–water partition coefficient (Wildman–Crippen LogP) is 3.01. The Kier molecular flexibility index (Phi) is 9.12. The zero-order valence-corrected chi connectivity index (χ0v) is 11.1. The second-order valence-corrected chi connectivity index (χ2v) is 4.82. The molecule has 0 spiro atoms. The summed E-state index contributed by atoms with van der Waals surface area (Å²) in [6.07, 6.45) is 6.39. The Hall–Kier alpha value is -0.0800. The van der Waals surface area contributed by atoms with Crippen LogP contribution < -0.4 is 5.73 Å². The second-order valence-electron chi connectivity index (χ2n) is 4.82. The number of hydrogen-bond acceptors (Lipinski definition) is 2. The summed E-state index contributed by atoms with van der Waals surface area (Å²) in [5.74, 6) is 0. The van der Waals surface area contributed by atoms with Gasteiger partial charge in [-0.2, -0.15) is 0 Å². The maximum absolute atomic E-state index is 5.56. The first-order valence-corrected chi connectivity index (χ1v) is 6.59. The van der Waals surface area contributed by atoms with E-state index in [0.29, 0.717) is 12.1 Å². The molecule has 0 bridgehead atoms. The number of unbranched alkanes of at least 4 members (excludes halogenated alkanes) is 2. The van der Waals surface area contributed by atoms with Gasteiger partial charge in [0.15, 0.2) is 0 Å². The zero-order valence-electron chi connectivity index (χ0n) is 11.1. The highest BCUT2D eigenvalue weighted by Gasteiger charge is 2.15. The minimum absolute atomic E-state index is 0.662. The summed E-state index contributed by atoms with van der Waals surface area (Å²) < 4.78 is 0. The zero-order chi connectivity index (χ0) is 11.7. The first kappa shape index (κ1) is 14.9. The SMILES string of the molecule is CCCCCN(C(C)C)C(C)CCCN. The predicted molar refractivity (Wildman–Crippen MR) is 69.1 cm³/mol. The van der Waals surface area contributed by atoms with Crippen molar-refractivity contribution >= 4 is 0 Å². The van der Waals surface area contributed by atoms with Crippen molar-refractivity contribution in [2.24, 2.45) is 5.73 Å². The molecule has 0 fully saturated rings. The lowest BCUT2D eigenvalue weighted by molar-refractivity contribution is 0.152. The number of nitrogens with zero attached hydrogens (tertiary/aromatic N) is 1. The van der Waals surface area contributed by atoms with Crippen molar-refractivity contribution in [2.75, 3.05) is 13.1 Å². The van der Waals surface area contributed by atoms with Crippen molar-refractivity contribution in [3.8, 4) is 0 Å². The summed E-state index contributed by atoms with van der Waals surface area (Å²) in [5, 5.41) is 0. The minimum atomic E-state index is 0.662. The topological polar surface area (TPSA) is 29.3 Å². The smallest absolute Gasteiger partial charge is 0.00701 e. The lowest BCUT2D eigenvalue weighted by atomic mass is 10.1. The van der Waals surface area contributed by atoms with Gasteiger partial charge in [0.2, 0.25) is 0 Å². The van der Waals surface area contributed by atoms with E-state index < -0.39 is 0 Å². The van der Waals surface area contributed by atoms with Gasteiger partial charge >= 0.3 is 0 Å². The normalized spacial score (nSPS) is 13.8. The molecule has 0 aliphatic carbocycles. The third-order valence-electron chi connectivity index (χ3n) is 3.08. The van der Waals surface area contributed by atoms with Crippen LogP contribution >= 0.6 is 0 Å². The van der Waals surface area contributed by atoms with E-state index in [1.165, 1.54) is 32.2 Å². The van der Waals surface area contributed by atoms with E-state index in [-0.39, 0.29) is 0 Å². The molecule has 0 aromatic heterocycles. The van der Waals surface area contributed by atoms with Crippen molar-refractivity contribution in [2.45, 2.75) is 71.9 Å². The van der Waals surface area contributed by atoms with Crippen LogP contribution in [0.15, 0.2) is 0 Å². The molecule has 92 valence electrons. The van der Waals surface area contributed by atoms with Crippen LogP contribution in [0.1, 0.15) is 59.8 Å². The molecule has 15 heavy (non-hydrogen) atoms. The van der Waals surface area contributed by atoms with Gasteiger partial charge in [-0.05, 0) is 53.1 Å². The van der Waals surface area contributed by atoms with Gasteiger partial charge in [-0.1, -0.05) is 19.8 Å². The molecule has 0 radical (unpaired) electrons. The van der Waals surface area contributed by atoms with Gasteiger partial charge in [0.1, 0.15) is 0 Å². The standard InChI is InChI=1S/C13H30N2/c1-5-6-7-11-15(12(2)3)13(4)9-8-10-14/h12-13H,5-11,14H2,1-4H3. The summed E-state index contributed by atoms with van der Waals surface area (Å²) >= 11 is 0. The maximum Gasteiger partial charge on any atom is 0.00701 e. The van der Waals surface area contributed by atoms with Crippen molar-refractivity contribution in [1.82, 2.24) is 4.90 Å². The van der Waals surface area contributed by atoms with Gasteiger partial charge in [-0.3, -0.25) is 4.90 Å². The monoisotopic (exact) mass is 214 g/mol. The van der Waals surface area contributed by atoms with Crippen molar-refractivity contribution in [1.29, 1.82) is 0 Å². The van der Waals surface area contributed by atoms with Crippen LogP contribution in [0.5, 0.6) is 0 Å². The van der Waals surface area contributed by atoms with E-state index in [2.05, 4.69) is 32.6 Å². The molecule has 2 N–H and O–H groups in total. The minimum Gasteiger partial charge on any atom is -0.330 e. The second kappa shape index (κ2) is 9.17. The molecule has 0 aliphatic rings. The Bertz CT molecular complexity index is 134. The number of nitrogens with two attached hydrogens (primary N) is 1. The van der Waals surface area contributed by atoms with Gasteiger partial charge in [0, 0.05) is 12.1 Å². The highest BCUT2D eigenvalue weighted by atomic mass is 15.2. The average Bonchev–Trinajstić information content (AvgIpc) is 2.20. The van der Waals surface area contributed by atoms with Gasteiger partial charge in [-0.15, -0.1) is 0 Å². The molecular formula is C13H30N2. The highest BCUT2D eigenvalue weighted by molar-refractivity contribution is 4.71. The van der Waals surface area contributed by atoms with Crippen LogP contribution in [-0.4, -0.2) is 30.1 Å². The van der Waals surface area contributed by atoms with Crippen LogP contribution in [0.2, 0.25) is 0 Å². The molecule has 0 aromatic rings. The fraction of sp³-hybridized carbons (Fsp3) is 1.00. The Morgan fingerprint density at radius 2 is 1.73 bits per heavy atom. The molecule has 0 heterocycles. The van der Waals surface area contributed by atoms with Gasteiger partial charge in [0.05, 0.1) is 0 Å². The maximum atomic E-state index is 5.56. The van der Waals surface area contributed by atoms with Gasteiger partial charge in [0.25, 0.3) is 0 Å². The average molecular weight is 214 g/mol. The lowest BCUT2D eigenvalue weighted by Gasteiger charge is -2.32. The summed E-state index contributed by atoms with van der Waals surface area (Å²) in [4.78, 5) is 2.62. The first-order valence-electron chi connectivity index (χ1n) is 6.59. The van der Waals surface area contributed by atoms with Gasteiger partial charge in [-0.25, -0.2) is 0 Å². The highest BCUT2D eigenvalue weighted by Crippen LogP contribution is 2.12. The van der Waals surface area contributed by atoms with E-state index in [4.69, 9.17) is 5.73 Å². The van der Waals surface area contributed by atoms with E-state index in [0.717, 1.165) is 13.0 Å². The molecule has 0 aliphatic heterocycles. The Morgan fingerprint density at radius 1 is 1.07 bits per heavy atom. The molecular weight excluding hydrogens is 184 g/mol. The molecule has 2 nitrogen and oxygen atoms in total. The van der Waals surface area contributed by atoms with E-state index in [9.17, 15) is 0 Å². The Balaban J connectivity index is 3.89. The van der Waals surface area contributed by atoms with E-state index in [1.54, 1.807) is 0 Å². The summed E-state index contributed by atoms with van der Waals surface area (Å²) in [6.45, 7) is 11.3. The Labute approximate surface area is 96.2 Å². The van der Waals surface area contributed by atoms with Crippen LogP contribution in [0.25, 0.3) is 0 Å². The van der Waals surface area contributed by atoms with Gasteiger partial charge < -0.3 is 5.73 Å². The van der Waals surface area contributed by atoms with E-state index >= 15 is 0 Å². The fourth-order valence-corrected chi connectivity index (χ4v) is 2.11. The van der Waals surface area contributed by atoms with Crippen LogP contribution in [-0.2, 0) is 0 Å². The fourth-order valence-electron chi connectivity index (χ4n) is 2.11. The lowest BCUT2D eigenvalue weighted by Crippen LogP contribution is -2.39. The third-order valence-corrected chi connectivity index (χ3v) is 3.08. The molecule has 0 saturated heterocycles. The molecule has 1 unspecified atom stereocenters. The molecule has 0 saturated carbocycles. The van der Waals surface area contributed by atoms with Crippen LogP contribution in [0.3, 0.4) is 0 Å².